The lowest BCUT2D eigenvalue weighted by molar-refractivity contribution is 0.560. The number of thioether (sulfide) groups is 1. The minimum atomic E-state index is 0.597. The first-order valence-corrected chi connectivity index (χ1v) is 5.71. The second kappa shape index (κ2) is 6.05. The van der Waals surface area contributed by atoms with Crippen molar-refractivity contribution in [3.8, 4) is 0 Å². The molecule has 0 radical (unpaired) electrons. The summed E-state index contributed by atoms with van der Waals surface area (Å²) in [4.78, 5) is 7.25. The summed E-state index contributed by atoms with van der Waals surface area (Å²) in [6.07, 6.45) is 4.81. The summed E-state index contributed by atoms with van der Waals surface area (Å²) in [6, 6.07) is 0.597. The number of nitrogens with one attached hydrogen (secondary N) is 2. The van der Waals surface area contributed by atoms with Crippen molar-refractivity contribution in [3.63, 3.8) is 0 Å². The molecule has 2 N–H and O–H groups in total. The van der Waals surface area contributed by atoms with E-state index in [0.29, 0.717) is 6.04 Å². The molecule has 0 aliphatic rings. The van der Waals surface area contributed by atoms with Gasteiger partial charge in [-0.1, -0.05) is 25.6 Å². The third kappa shape index (κ3) is 3.83. The largest absolute Gasteiger partial charge is 0.340 e. The molecule has 13 heavy (non-hydrogen) atoms. The maximum absolute atomic E-state index is 4.16. The molecule has 0 aliphatic heterocycles. The van der Waals surface area contributed by atoms with Gasteiger partial charge in [-0.05, 0) is 13.0 Å². The summed E-state index contributed by atoms with van der Waals surface area (Å²) in [6.45, 7) is 5.38. The standard InChI is InChI=1S/C9H17N3S/c1-3-8(10-4-2)7-13-9-11-5-6-12-9/h5-6,8,10H,3-4,7H2,1-2H3,(H,11,12). The van der Waals surface area contributed by atoms with Crippen LogP contribution in [-0.4, -0.2) is 28.3 Å². The fraction of sp³-hybridized carbons (Fsp3) is 0.667. The summed E-state index contributed by atoms with van der Waals surface area (Å²) in [5, 5.41) is 4.44. The number of hydrogen-bond donors (Lipinski definition) is 2. The Kier molecular flexibility index (Phi) is 4.93. The van der Waals surface area contributed by atoms with Gasteiger partial charge in [0.1, 0.15) is 0 Å². The van der Waals surface area contributed by atoms with E-state index in [-0.39, 0.29) is 0 Å². The highest BCUT2D eigenvalue weighted by atomic mass is 32.2. The van der Waals surface area contributed by atoms with Gasteiger partial charge >= 0.3 is 0 Å². The molecule has 4 heteroatoms. The van der Waals surface area contributed by atoms with E-state index in [1.54, 1.807) is 18.0 Å². The molecule has 0 saturated heterocycles. The van der Waals surface area contributed by atoms with Crippen LogP contribution in [-0.2, 0) is 0 Å². The molecule has 0 saturated carbocycles. The van der Waals surface area contributed by atoms with Crippen LogP contribution in [0.4, 0.5) is 0 Å². The van der Waals surface area contributed by atoms with Crippen molar-refractivity contribution in [2.75, 3.05) is 12.3 Å². The smallest absolute Gasteiger partial charge is 0.165 e. The molecule has 3 nitrogen and oxygen atoms in total. The van der Waals surface area contributed by atoms with Gasteiger partial charge in [0.25, 0.3) is 0 Å². The van der Waals surface area contributed by atoms with Crippen molar-refractivity contribution in [1.29, 1.82) is 0 Å². The first kappa shape index (κ1) is 10.6. The number of aromatic nitrogens is 2. The summed E-state index contributed by atoms with van der Waals surface area (Å²) in [5.74, 6) is 1.08. The van der Waals surface area contributed by atoms with Crippen molar-refractivity contribution in [3.05, 3.63) is 12.4 Å². The van der Waals surface area contributed by atoms with E-state index in [2.05, 4.69) is 29.1 Å². The molecule has 0 spiro atoms. The molecule has 1 aromatic rings. The van der Waals surface area contributed by atoms with Crippen LogP contribution >= 0.6 is 11.8 Å². The Morgan fingerprint density at radius 3 is 3.00 bits per heavy atom. The Morgan fingerprint density at radius 1 is 1.62 bits per heavy atom. The van der Waals surface area contributed by atoms with Gasteiger partial charge in [-0.3, -0.25) is 0 Å². The molecule has 1 atom stereocenters. The molecule has 1 rings (SSSR count). The van der Waals surface area contributed by atoms with Gasteiger partial charge in [0.2, 0.25) is 0 Å². The van der Waals surface area contributed by atoms with Crippen molar-refractivity contribution in [1.82, 2.24) is 15.3 Å². The van der Waals surface area contributed by atoms with Crippen molar-refractivity contribution >= 4 is 11.8 Å². The van der Waals surface area contributed by atoms with Crippen LogP contribution in [0.5, 0.6) is 0 Å². The fourth-order valence-electron chi connectivity index (χ4n) is 1.12. The molecule has 1 heterocycles. The van der Waals surface area contributed by atoms with Crippen LogP contribution in [0.2, 0.25) is 0 Å². The Balaban J connectivity index is 2.23. The van der Waals surface area contributed by atoms with Gasteiger partial charge in [-0.2, -0.15) is 0 Å². The number of hydrogen-bond acceptors (Lipinski definition) is 3. The van der Waals surface area contributed by atoms with E-state index in [1.807, 2.05) is 6.20 Å². The van der Waals surface area contributed by atoms with Crippen LogP contribution in [0.1, 0.15) is 20.3 Å². The second-order valence-corrected chi connectivity index (χ2v) is 3.88. The van der Waals surface area contributed by atoms with Gasteiger partial charge in [-0.25, -0.2) is 4.98 Å². The summed E-state index contributed by atoms with van der Waals surface area (Å²) in [5.41, 5.74) is 0. The first-order valence-electron chi connectivity index (χ1n) is 4.72. The van der Waals surface area contributed by atoms with Crippen LogP contribution in [0.25, 0.3) is 0 Å². The predicted molar refractivity (Wildman–Crippen MR) is 57.1 cm³/mol. The summed E-state index contributed by atoms with van der Waals surface area (Å²) >= 11 is 1.77. The Morgan fingerprint density at radius 2 is 2.46 bits per heavy atom. The molecule has 0 fully saturated rings. The number of nitrogens with zero attached hydrogens (tertiary/aromatic N) is 1. The zero-order valence-corrected chi connectivity index (χ0v) is 9.03. The Labute approximate surface area is 83.7 Å². The van der Waals surface area contributed by atoms with E-state index in [0.717, 1.165) is 17.5 Å². The normalized spacial score (nSPS) is 13.1. The SMILES string of the molecule is CCNC(CC)CSc1ncc[nH]1. The van der Waals surface area contributed by atoms with Gasteiger partial charge < -0.3 is 10.3 Å². The maximum atomic E-state index is 4.16. The van der Waals surface area contributed by atoms with Gasteiger partial charge in [-0.15, -0.1) is 0 Å². The minimum Gasteiger partial charge on any atom is -0.340 e. The molecule has 74 valence electrons. The average Bonchev–Trinajstić information content (AvgIpc) is 2.64. The number of aromatic amines is 1. The molecule has 0 aliphatic carbocycles. The zero-order valence-electron chi connectivity index (χ0n) is 8.21. The maximum Gasteiger partial charge on any atom is 0.165 e. The van der Waals surface area contributed by atoms with E-state index in [4.69, 9.17) is 0 Å². The molecule has 1 aromatic heterocycles. The molecular formula is C9H17N3S. The molecule has 0 amide bonds. The van der Waals surface area contributed by atoms with Gasteiger partial charge in [0.05, 0.1) is 0 Å². The lowest BCUT2D eigenvalue weighted by atomic mass is 10.2. The van der Waals surface area contributed by atoms with E-state index >= 15 is 0 Å². The van der Waals surface area contributed by atoms with Crippen LogP contribution < -0.4 is 5.32 Å². The molecule has 1 unspecified atom stereocenters. The fourth-order valence-corrected chi connectivity index (χ4v) is 2.12. The monoisotopic (exact) mass is 199 g/mol. The highest BCUT2D eigenvalue weighted by Crippen LogP contribution is 2.13. The number of rotatable bonds is 6. The second-order valence-electron chi connectivity index (χ2n) is 2.87. The van der Waals surface area contributed by atoms with Crippen molar-refractivity contribution in [2.24, 2.45) is 0 Å². The average molecular weight is 199 g/mol. The third-order valence-electron chi connectivity index (χ3n) is 1.88. The Bertz CT molecular complexity index is 211. The molecule has 0 bridgehead atoms. The van der Waals surface area contributed by atoms with E-state index in [1.165, 1.54) is 6.42 Å². The lowest BCUT2D eigenvalue weighted by Gasteiger charge is -2.13. The number of imidazole rings is 1. The summed E-state index contributed by atoms with van der Waals surface area (Å²) < 4.78 is 0. The van der Waals surface area contributed by atoms with Crippen molar-refractivity contribution in [2.45, 2.75) is 31.5 Å². The highest BCUT2D eigenvalue weighted by molar-refractivity contribution is 7.99. The lowest BCUT2D eigenvalue weighted by Crippen LogP contribution is -2.30. The third-order valence-corrected chi connectivity index (χ3v) is 2.95. The van der Waals surface area contributed by atoms with Crippen LogP contribution in [0.3, 0.4) is 0 Å². The Hall–Kier alpha value is -0.480. The minimum absolute atomic E-state index is 0.597. The zero-order chi connectivity index (χ0) is 9.52. The van der Waals surface area contributed by atoms with Gasteiger partial charge in [0, 0.05) is 24.2 Å². The van der Waals surface area contributed by atoms with Crippen LogP contribution in [0, 0.1) is 0 Å². The van der Waals surface area contributed by atoms with E-state index < -0.39 is 0 Å². The summed E-state index contributed by atoms with van der Waals surface area (Å²) in [7, 11) is 0. The van der Waals surface area contributed by atoms with E-state index in [9.17, 15) is 0 Å². The van der Waals surface area contributed by atoms with Crippen LogP contribution in [0.15, 0.2) is 17.6 Å². The quantitative estimate of drug-likeness (QED) is 0.687. The topological polar surface area (TPSA) is 40.7 Å². The van der Waals surface area contributed by atoms with Gasteiger partial charge in [0.15, 0.2) is 5.16 Å². The first-order chi connectivity index (χ1) is 6.36. The number of H-pyrrole nitrogens is 1. The molecular weight excluding hydrogens is 182 g/mol. The predicted octanol–water partition coefficient (Wildman–Crippen LogP) is 1.89. The van der Waals surface area contributed by atoms with Crippen molar-refractivity contribution < 1.29 is 0 Å². The molecule has 0 aromatic carbocycles. The highest BCUT2D eigenvalue weighted by Gasteiger charge is 2.05.